The molecule has 2 aromatic carbocycles. The lowest BCUT2D eigenvalue weighted by atomic mass is 10.1. The van der Waals surface area contributed by atoms with Gasteiger partial charge in [-0.05, 0) is 43.7 Å². The second-order valence-electron chi connectivity index (χ2n) is 5.39. The van der Waals surface area contributed by atoms with Gasteiger partial charge in [-0.15, -0.1) is 0 Å². The highest BCUT2D eigenvalue weighted by Crippen LogP contribution is 2.21. The minimum atomic E-state index is -0.491. The van der Waals surface area contributed by atoms with Gasteiger partial charge in [-0.1, -0.05) is 29.3 Å². The molecule has 0 atom stereocenters. The van der Waals surface area contributed by atoms with E-state index in [0.717, 1.165) is 11.1 Å². The fraction of sp³-hybridized carbons (Fsp3) is 0.111. The summed E-state index contributed by atoms with van der Waals surface area (Å²) >= 11 is 5.94. The summed E-state index contributed by atoms with van der Waals surface area (Å²) in [5.41, 5.74) is 2.53. The molecule has 4 nitrogen and oxygen atoms in total. The molecule has 0 fully saturated rings. The Morgan fingerprint density at radius 2 is 1.87 bits per heavy atom. The number of nitrogens with one attached hydrogen (secondary N) is 1. The van der Waals surface area contributed by atoms with Crippen molar-refractivity contribution in [3.05, 3.63) is 74.6 Å². The van der Waals surface area contributed by atoms with Crippen molar-refractivity contribution in [2.24, 2.45) is 0 Å². The average Bonchev–Trinajstić information content (AvgIpc) is 2.51. The largest absolute Gasteiger partial charge is 0.451 e. The number of benzene rings is 2. The summed E-state index contributed by atoms with van der Waals surface area (Å²) in [5.74, 6) is -0.527. The van der Waals surface area contributed by atoms with E-state index in [0.29, 0.717) is 21.7 Å². The van der Waals surface area contributed by atoms with E-state index in [1.807, 2.05) is 19.9 Å². The molecule has 0 unspecified atom stereocenters. The van der Waals surface area contributed by atoms with Crippen LogP contribution in [0, 0.1) is 13.8 Å². The smallest absolute Gasteiger partial charge is 0.291 e. The van der Waals surface area contributed by atoms with E-state index in [1.165, 1.54) is 6.07 Å². The molecule has 0 aliphatic rings. The van der Waals surface area contributed by atoms with Gasteiger partial charge in [0, 0.05) is 16.8 Å². The van der Waals surface area contributed by atoms with Crippen LogP contribution in [-0.2, 0) is 0 Å². The van der Waals surface area contributed by atoms with Gasteiger partial charge < -0.3 is 9.73 Å². The predicted octanol–water partition coefficient (Wildman–Crippen LogP) is 4.32. The predicted molar refractivity (Wildman–Crippen MR) is 91.4 cm³/mol. The summed E-state index contributed by atoms with van der Waals surface area (Å²) < 4.78 is 5.56. The molecule has 116 valence electrons. The zero-order valence-electron chi connectivity index (χ0n) is 12.6. The summed E-state index contributed by atoms with van der Waals surface area (Å²) in [5, 5.41) is 3.69. The van der Waals surface area contributed by atoms with Gasteiger partial charge >= 0.3 is 0 Å². The SMILES string of the molecule is Cc1ccc2oc(C(=O)Nc3cc(Cl)ccc3C)cc(=O)c2c1. The molecule has 1 N–H and O–H groups in total. The highest BCUT2D eigenvalue weighted by Gasteiger charge is 2.14. The molecule has 0 spiro atoms. The Labute approximate surface area is 137 Å². The third kappa shape index (κ3) is 3.12. The highest BCUT2D eigenvalue weighted by molar-refractivity contribution is 6.31. The number of rotatable bonds is 2. The van der Waals surface area contributed by atoms with Crippen molar-refractivity contribution in [1.82, 2.24) is 0 Å². The Morgan fingerprint density at radius 1 is 1.09 bits per heavy atom. The lowest BCUT2D eigenvalue weighted by Crippen LogP contribution is -2.15. The van der Waals surface area contributed by atoms with Crippen LogP contribution in [0.15, 0.2) is 51.7 Å². The van der Waals surface area contributed by atoms with Crippen LogP contribution in [0.4, 0.5) is 5.69 Å². The number of hydrogen-bond donors (Lipinski definition) is 1. The first kappa shape index (κ1) is 15.3. The summed E-state index contributed by atoms with van der Waals surface area (Å²) in [6.07, 6.45) is 0. The fourth-order valence-electron chi connectivity index (χ4n) is 2.29. The maximum absolute atomic E-state index is 12.4. The van der Waals surface area contributed by atoms with Crippen molar-refractivity contribution in [2.45, 2.75) is 13.8 Å². The Morgan fingerprint density at radius 3 is 2.65 bits per heavy atom. The van der Waals surface area contributed by atoms with Crippen LogP contribution in [0.1, 0.15) is 21.7 Å². The van der Waals surface area contributed by atoms with E-state index in [-0.39, 0.29) is 11.2 Å². The van der Waals surface area contributed by atoms with E-state index < -0.39 is 5.91 Å². The molecule has 1 amide bonds. The summed E-state index contributed by atoms with van der Waals surface area (Å²) in [6, 6.07) is 11.7. The molecule has 0 saturated carbocycles. The molecular weight excluding hydrogens is 314 g/mol. The molecule has 0 radical (unpaired) electrons. The molecule has 1 aromatic heterocycles. The van der Waals surface area contributed by atoms with Crippen LogP contribution in [-0.4, -0.2) is 5.91 Å². The molecular formula is C18H14ClNO3. The number of amides is 1. The second-order valence-corrected chi connectivity index (χ2v) is 5.82. The molecule has 1 heterocycles. The molecule has 0 aliphatic carbocycles. The molecule has 0 saturated heterocycles. The Kier molecular flexibility index (Phi) is 3.92. The molecule has 3 aromatic rings. The Balaban J connectivity index is 1.99. The number of carbonyl (C=O) groups is 1. The van der Waals surface area contributed by atoms with Crippen molar-refractivity contribution in [3.63, 3.8) is 0 Å². The van der Waals surface area contributed by atoms with Crippen LogP contribution in [0.5, 0.6) is 0 Å². The molecule has 0 aliphatic heterocycles. The summed E-state index contributed by atoms with van der Waals surface area (Å²) in [7, 11) is 0. The average molecular weight is 328 g/mol. The van der Waals surface area contributed by atoms with Crippen molar-refractivity contribution in [1.29, 1.82) is 0 Å². The van der Waals surface area contributed by atoms with Crippen molar-refractivity contribution < 1.29 is 9.21 Å². The molecule has 0 bridgehead atoms. The molecule has 3 rings (SSSR count). The standard InChI is InChI=1S/C18H14ClNO3/c1-10-3-6-16-13(7-10)15(21)9-17(23-16)18(22)20-14-8-12(19)5-4-11(14)2/h3-9H,1-2H3,(H,20,22). The van der Waals surface area contributed by atoms with Crippen molar-refractivity contribution in [3.8, 4) is 0 Å². The first-order valence-corrected chi connectivity index (χ1v) is 7.44. The van der Waals surface area contributed by atoms with E-state index in [4.69, 9.17) is 16.0 Å². The highest BCUT2D eigenvalue weighted by atomic mass is 35.5. The maximum Gasteiger partial charge on any atom is 0.291 e. The van der Waals surface area contributed by atoms with Gasteiger partial charge in [-0.3, -0.25) is 9.59 Å². The van der Waals surface area contributed by atoms with E-state index >= 15 is 0 Å². The number of anilines is 1. The Bertz CT molecular complexity index is 976. The van der Waals surface area contributed by atoms with Crippen molar-refractivity contribution in [2.75, 3.05) is 5.32 Å². The van der Waals surface area contributed by atoms with Crippen LogP contribution in [0.25, 0.3) is 11.0 Å². The van der Waals surface area contributed by atoms with Gasteiger partial charge in [-0.2, -0.15) is 0 Å². The van der Waals surface area contributed by atoms with Crippen molar-refractivity contribution >= 4 is 34.2 Å². The summed E-state index contributed by atoms with van der Waals surface area (Å²) in [4.78, 5) is 24.5. The number of aryl methyl sites for hydroxylation is 2. The monoisotopic (exact) mass is 327 g/mol. The first-order valence-electron chi connectivity index (χ1n) is 7.06. The third-order valence-electron chi connectivity index (χ3n) is 3.55. The zero-order chi connectivity index (χ0) is 16.6. The van der Waals surface area contributed by atoms with E-state index in [2.05, 4.69) is 5.32 Å². The van der Waals surface area contributed by atoms with Crippen LogP contribution < -0.4 is 10.7 Å². The maximum atomic E-state index is 12.4. The molecule has 23 heavy (non-hydrogen) atoms. The number of halogens is 1. The fourth-order valence-corrected chi connectivity index (χ4v) is 2.47. The minimum absolute atomic E-state index is 0.0364. The third-order valence-corrected chi connectivity index (χ3v) is 3.79. The second kappa shape index (κ2) is 5.89. The van der Waals surface area contributed by atoms with E-state index in [1.54, 1.807) is 30.3 Å². The number of fused-ring (bicyclic) bond motifs is 1. The van der Waals surface area contributed by atoms with Gasteiger partial charge in [0.15, 0.2) is 11.2 Å². The lowest BCUT2D eigenvalue weighted by molar-refractivity contribution is 0.0997. The number of hydrogen-bond acceptors (Lipinski definition) is 3. The lowest BCUT2D eigenvalue weighted by Gasteiger charge is -2.09. The van der Waals surface area contributed by atoms with Crippen LogP contribution in [0.2, 0.25) is 5.02 Å². The van der Waals surface area contributed by atoms with Gasteiger partial charge in [0.2, 0.25) is 0 Å². The normalized spacial score (nSPS) is 10.7. The Hall–Kier alpha value is -2.59. The topological polar surface area (TPSA) is 59.3 Å². The minimum Gasteiger partial charge on any atom is -0.451 e. The van der Waals surface area contributed by atoms with Crippen LogP contribution >= 0.6 is 11.6 Å². The van der Waals surface area contributed by atoms with Gasteiger partial charge in [-0.25, -0.2) is 0 Å². The van der Waals surface area contributed by atoms with Gasteiger partial charge in [0.25, 0.3) is 5.91 Å². The van der Waals surface area contributed by atoms with Gasteiger partial charge in [0.1, 0.15) is 5.58 Å². The van der Waals surface area contributed by atoms with Gasteiger partial charge in [0.05, 0.1) is 5.39 Å². The quantitative estimate of drug-likeness (QED) is 0.762. The zero-order valence-corrected chi connectivity index (χ0v) is 13.4. The van der Waals surface area contributed by atoms with Crippen LogP contribution in [0.3, 0.4) is 0 Å². The molecule has 5 heteroatoms. The first-order chi connectivity index (χ1) is 10.9. The number of carbonyl (C=O) groups excluding carboxylic acids is 1. The van der Waals surface area contributed by atoms with E-state index in [9.17, 15) is 9.59 Å². The summed E-state index contributed by atoms with van der Waals surface area (Å²) in [6.45, 7) is 3.74.